The van der Waals surface area contributed by atoms with E-state index in [9.17, 15) is 4.79 Å². The average Bonchev–Trinajstić information content (AvgIpc) is 2.73. The van der Waals surface area contributed by atoms with Gasteiger partial charge in [-0.15, -0.1) is 0 Å². The number of nitrogens with zero attached hydrogens (tertiary/aromatic N) is 2. The molecule has 146 valence electrons. The summed E-state index contributed by atoms with van der Waals surface area (Å²) in [5.41, 5.74) is 1.63. The van der Waals surface area contributed by atoms with Crippen molar-refractivity contribution in [1.82, 2.24) is 10.3 Å². The van der Waals surface area contributed by atoms with Crippen molar-refractivity contribution in [2.45, 2.75) is 64.8 Å². The van der Waals surface area contributed by atoms with Gasteiger partial charge >= 0.3 is 0 Å². The molecular weight excluding hydrogens is 334 g/mol. The number of hydrogen-bond acceptors (Lipinski definition) is 3. The number of carbonyl (C=O) groups excluding carboxylic acids is 1. The Bertz CT molecular complexity index is 763. The van der Waals surface area contributed by atoms with Gasteiger partial charge in [-0.2, -0.15) is 0 Å². The fourth-order valence-corrected chi connectivity index (χ4v) is 4.09. The molecule has 3 rings (SSSR count). The Morgan fingerprint density at radius 1 is 1.19 bits per heavy atom. The fraction of sp³-hybridized carbons (Fsp3) is 0.565. The van der Waals surface area contributed by atoms with E-state index in [0.29, 0.717) is 12.0 Å². The molecule has 1 saturated carbocycles. The molecule has 4 nitrogen and oxygen atoms in total. The predicted molar refractivity (Wildman–Crippen MR) is 113 cm³/mol. The zero-order valence-electron chi connectivity index (χ0n) is 17.0. The molecule has 1 N–H and O–H groups in total. The smallest absolute Gasteiger partial charge is 0.252 e. The Labute approximate surface area is 163 Å². The van der Waals surface area contributed by atoms with Gasteiger partial charge in [0.25, 0.3) is 5.91 Å². The summed E-state index contributed by atoms with van der Waals surface area (Å²) in [6.45, 7) is 5.09. The summed E-state index contributed by atoms with van der Waals surface area (Å²) >= 11 is 0. The van der Waals surface area contributed by atoms with Crippen LogP contribution in [0.1, 0.15) is 69.2 Å². The van der Waals surface area contributed by atoms with Gasteiger partial charge in [0.2, 0.25) is 0 Å². The van der Waals surface area contributed by atoms with Crippen LogP contribution < -0.4 is 10.2 Å². The lowest BCUT2D eigenvalue weighted by Gasteiger charge is -2.32. The third kappa shape index (κ3) is 4.60. The Balaban J connectivity index is 1.89. The van der Waals surface area contributed by atoms with E-state index in [1.165, 1.54) is 32.1 Å². The van der Waals surface area contributed by atoms with Crippen molar-refractivity contribution in [3.8, 4) is 0 Å². The number of para-hydroxylation sites is 1. The van der Waals surface area contributed by atoms with Crippen molar-refractivity contribution in [1.29, 1.82) is 0 Å². The number of pyridine rings is 1. The van der Waals surface area contributed by atoms with Gasteiger partial charge < -0.3 is 10.2 Å². The van der Waals surface area contributed by atoms with Crippen molar-refractivity contribution >= 4 is 22.6 Å². The van der Waals surface area contributed by atoms with Crippen molar-refractivity contribution in [3.63, 3.8) is 0 Å². The Hall–Kier alpha value is -2.10. The lowest BCUT2D eigenvalue weighted by Crippen LogP contribution is -2.34. The highest BCUT2D eigenvalue weighted by molar-refractivity contribution is 6.07. The normalized spacial score (nSPS) is 15.3. The highest BCUT2D eigenvalue weighted by Crippen LogP contribution is 2.28. The van der Waals surface area contributed by atoms with Crippen LogP contribution in [0.4, 0.5) is 5.82 Å². The van der Waals surface area contributed by atoms with E-state index in [1.807, 2.05) is 30.3 Å². The number of nitrogens with one attached hydrogen (secondary N) is 1. The van der Waals surface area contributed by atoms with Crippen LogP contribution in [0.25, 0.3) is 10.9 Å². The molecule has 4 heteroatoms. The summed E-state index contributed by atoms with van der Waals surface area (Å²) < 4.78 is 0. The maximum Gasteiger partial charge on any atom is 0.252 e. The van der Waals surface area contributed by atoms with Gasteiger partial charge in [0.15, 0.2) is 0 Å². The largest absolute Gasteiger partial charge is 0.357 e. The molecule has 1 heterocycles. The molecule has 2 aromatic rings. The lowest BCUT2D eigenvalue weighted by atomic mass is 9.94. The molecule has 1 amide bonds. The Kier molecular flexibility index (Phi) is 6.70. The third-order valence-corrected chi connectivity index (χ3v) is 6.14. The summed E-state index contributed by atoms with van der Waals surface area (Å²) in [7, 11) is 2.12. The molecule has 0 atom stereocenters. The molecule has 0 unspecified atom stereocenters. The summed E-state index contributed by atoms with van der Waals surface area (Å²) in [4.78, 5) is 20.1. The van der Waals surface area contributed by atoms with E-state index >= 15 is 0 Å². The molecule has 1 aromatic heterocycles. The highest BCUT2D eigenvalue weighted by Gasteiger charge is 2.21. The maximum absolute atomic E-state index is 13.0. The Morgan fingerprint density at radius 3 is 2.59 bits per heavy atom. The van der Waals surface area contributed by atoms with E-state index in [1.54, 1.807) is 0 Å². The van der Waals surface area contributed by atoms with Crippen LogP contribution in [-0.4, -0.2) is 30.5 Å². The van der Waals surface area contributed by atoms with E-state index < -0.39 is 0 Å². The quantitative estimate of drug-likeness (QED) is 0.734. The summed E-state index contributed by atoms with van der Waals surface area (Å²) in [5.74, 6) is 1.46. The second-order valence-electron chi connectivity index (χ2n) is 7.84. The molecule has 1 aromatic carbocycles. The van der Waals surface area contributed by atoms with E-state index in [-0.39, 0.29) is 5.91 Å². The van der Waals surface area contributed by atoms with Gasteiger partial charge in [0, 0.05) is 25.0 Å². The molecular formula is C23H33N3O. The topological polar surface area (TPSA) is 45.2 Å². The molecule has 0 spiro atoms. The van der Waals surface area contributed by atoms with Crippen LogP contribution in [0.3, 0.4) is 0 Å². The number of fused-ring (bicyclic) bond motifs is 1. The van der Waals surface area contributed by atoms with E-state index in [0.717, 1.165) is 41.7 Å². The number of hydrogen-bond donors (Lipinski definition) is 1. The van der Waals surface area contributed by atoms with Crippen LogP contribution in [0.15, 0.2) is 30.3 Å². The number of rotatable bonds is 7. The van der Waals surface area contributed by atoms with Crippen molar-refractivity contribution in [2.24, 2.45) is 5.92 Å². The Morgan fingerprint density at radius 2 is 1.89 bits per heavy atom. The van der Waals surface area contributed by atoms with E-state index in [4.69, 9.17) is 4.98 Å². The van der Waals surface area contributed by atoms with Gasteiger partial charge in [0.1, 0.15) is 5.82 Å². The van der Waals surface area contributed by atoms with Gasteiger partial charge in [-0.05, 0) is 30.9 Å². The minimum Gasteiger partial charge on any atom is -0.357 e. The first kappa shape index (κ1) is 19.7. The zero-order valence-corrected chi connectivity index (χ0v) is 17.0. The van der Waals surface area contributed by atoms with Crippen LogP contribution in [-0.2, 0) is 0 Å². The SMILES string of the molecule is CCC(CC)CNC(=O)c1cc(N(C)C2CCCCC2)nc2ccccc12. The van der Waals surface area contributed by atoms with Crippen LogP contribution >= 0.6 is 0 Å². The summed E-state index contributed by atoms with van der Waals surface area (Å²) in [6.07, 6.45) is 8.49. The molecule has 0 aliphatic heterocycles. The standard InChI is InChI=1S/C23H33N3O/c1-4-17(5-2)16-24-23(27)20-15-22(25-21-14-10-9-13-19(20)21)26(3)18-11-7-6-8-12-18/h9-10,13-15,17-18H,4-8,11-12,16H2,1-3H3,(H,24,27). The first-order valence-corrected chi connectivity index (χ1v) is 10.5. The van der Waals surface area contributed by atoms with Crippen LogP contribution in [0.2, 0.25) is 0 Å². The van der Waals surface area contributed by atoms with Crippen LogP contribution in [0.5, 0.6) is 0 Å². The van der Waals surface area contributed by atoms with E-state index in [2.05, 4.69) is 31.1 Å². The summed E-state index contributed by atoms with van der Waals surface area (Å²) in [6, 6.07) is 10.5. The second-order valence-corrected chi connectivity index (χ2v) is 7.84. The molecule has 0 radical (unpaired) electrons. The average molecular weight is 368 g/mol. The van der Waals surface area contributed by atoms with Gasteiger partial charge in [-0.1, -0.05) is 64.2 Å². The third-order valence-electron chi connectivity index (χ3n) is 6.14. The lowest BCUT2D eigenvalue weighted by molar-refractivity contribution is 0.0948. The van der Waals surface area contributed by atoms with Crippen molar-refractivity contribution in [2.75, 3.05) is 18.5 Å². The van der Waals surface area contributed by atoms with Gasteiger partial charge in [-0.3, -0.25) is 4.79 Å². The first-order chi connectivity index (χ1) is 13.1. The maximum atomic E-state index is 13.0. The van der Waals surface area contributed by atoms with Crippen molar-refractivity contribution in [3.05, 3.63) is 35.9 Å². The molecule has 1 aliphatic rings. The molecule has 0 saturated heterocycles. The monoisotopic (exact) mass is 367 g/mol. The molecule has 1 fully saturated rings. The van der Waals surface area contributed by atoms with Crippen LogP contribution in [0, 0.1) is 5.92 Å². The minimum absolute atomic E-state index is 0.0128. The number of carbonyl (C=O) groups is 1. The molecule has 1 aliphatic carbocycles. The fourth-order valence-electron chi connectivity index (χ4n) is 4.09. The van der Waals surface area contributed by atoms with Gasteiger partial charge in [0.05, 0.1) is 11.1 Å². The molecule has 27 heavy (non-hydrogen) atoms. The summed E-state index contributed by atoms with van der Waals surface area (Å²) in [5, 5.41) is 4.08. The predicted octanol–water partition coefficient (Wildman–Crippen LogP) is 5.17. The number of anilines is 1. The minimum atomic E-state index is 0.0128. The second kappa shape index (κ2) is 9.20. The number of aromatic nitrogens is 1. The number of amides is 1. The number of benzene rings is 1. The zero-order chi connectivity index (χ0) is 19.2. The highest BCUT2D eigenvalue weighted by atomic mass is 16.1. The molecule has 0 bridgehead atoms. The van der Waals surface area contributed by atoms with Gasteiger partial charge in [-0.25, -0.2) is 4.98 Å². The first-order valence-electron chi connectivity index (χ1n) is 10.5. The van der Waals surface area contributed by atoms with Crippen molar-refractivity contribution < 1.29 is 4.79 Å².